The summed E-state index contributed by atoms with van der Waals surface area (Å²) in [5.74, 6) is 0.280. The number of ether oxygens (including phenoxy) is 1. The average Bonchev–Trinajstić information content (AvgIpc) is 2.35. The molecule has 0 saturated heterocycles. The molecule has 0 unspecified atom stereocenters. The average molecular weight is 253 g/mol. The summed E-state index contributed by atoms with van der Waals surface area (Å²) >= 11 is 0. The first kappa shape index (κ1) is 14.2. The van der Waals surface area contributed by atoms with Crippen molar-refractivity contribution < 1.29 is 9.94 Å². The molecule has 18 heavy (non-hydrogen) atoms. The molecule has 1 aromatic rings. The Labute approximate surface area is 106 Å². The third-order valence-electron chi connectivity index (χ3n) is 2.33. The molecule has 3 N–H and O–H groups in total. The number of hydrogen-bond acceptors (Lipinski definition) is 4. The zero-order valence-corrected chi connectivity index (χ0v) is 10.7. The zero-order chi connectivity index (χ0) is 13.5. The van der Waals surface area contributed by atoms with Gasteiger partial charge in [-0.2, -0.15) is 0 Å². The highest BCUT2D eigenvalue weighted by atomic mass is 16.5. The van der Waals surface area contributed by atoms with Crippen LogP contribution in [0.4, 0.5) is 0 Å². The van der Waals surface area contributed by atoms with E-state index in [9.17, 15) is 4.79 Å². The lowest BCUT2D eigenvalue weighted by Gasteiger charge is -2.09. The Morgan fingerprint density at radius 1 is 1.61 bits per heavy atom. The summed E-state index contributed by atoms with van der Waals surface area (Å²) in [6.07, 6.45) is 1.65. The predicted molar refractivity (Wildman–Crippen MR) is 68.9 cm³/mol. The van der Waals surface area contributed by atoms with Crippen LogP contribution in [0.15, 0.2) is 28.3 Å². The van der Waals surface area contributed by atoms with Crippen LogP contribution in [0.5, 0.6) is 0 Å². The number of aromatic nitrogens is 1. The van der Waals surface area contributed by atoms with Gasteiger partial charge in [0.1, 0.15) is 0 Å². The highest BCUT2D eigenvalue weighted by Crippen LogP contribution is 1.95. The van der Waals surface area contributed by atoms with Crippen LogP contribution in [0.1, 0.15) is 19.4 Å². The van der Waals surface area contributed by atoms with Crippen LogP contribution >= 0.6 is 0 Å². The zero-order valence-electron chi connectivity index (χ0n) is 10.7. The molecule has 6 heteroatoms. The summed E-state index contributed by atoms with van der Waals surface area (Å²) in [5.41, 5.74) is 5.31. The summed E-state index contributed by atoms with van der Waals surface area (Å²) in [5, 5.41) is 11.4. The standard InChI is InChI=1S/C12H19N3O3/c1-9(2)8-18-7-6-15-5-3-4-10(12(15)16)11(13)14-17/h3-5,9,17H,6-8H2,1-2H3,(H2,13,14). The van der Waals surface area contributed by atoms with Gasteiger partial charge in [-0.25, -0.2) is 0 Å². The molecule has 0 bridgehead atoms. The van der Waals surface area contributed by atoms with Crippen LogP contribution in [0.3, 0.4) is 0 Å². The van der Waals surface area contributed by atoms with Crippen LogP contribution in [0, 0.1) is 5.92 Å². The second kappa shape index (κ2) is 6.80. The van der Waals surface area contributed by atoms with Crippen molar-refractivity contribution in [3.63, 3.8) is 0 Å². The number of hydrogen-bond donors (Lipinski definition) is 2. The maximum Gasteiger partial charge on any atom is 0.261 e. The fourth-order valence-electron chi connectivity index (χ4n) is 1.44. The molecular weight excluding hydrogens is 234 g/mol. The van der Waals surface area contributed by atoms with Crippen molar-refractivity contribution in [1.29, 1.82) is 0 Å². The van der Waals surface area contributed by atoms with E-state index in [1.54, 1.807) is 12.3 Å². The minimum Gasteiger partial charge on any atom is -0.409 e. The van der Waals surface area contributed by atoms with Gasteiger partial charge < -0.3 is 20.2 Å². The van der Waals surface area contributed by atoms with Gasteiger partial charge in [0.15, 0.2) is 5.84 Å². The Hall–Kier alpha value is -1.82. The summed E-state index contributed by atoms with van der Waals surface area (Å²) in [6.45, 7) is 5.68. The molecule has 0 aliphatic heterocycles. The molecule has 1 rings (SSSR count). The Morgan fingerprint density at radius 2 is 2.33 bits per heavy atom. The number of amidine groups is 1. The van der Waals surface area contributed by atoms with Gasteiger partial charge >= 0.3 is 0 Å². The van der Waals surface area contributed by atoms with Crippen molar-refractivity contribution in [2.24, 2.45) is 16.8 Å². The van der Waals surface area contributed by atoms with Crippen molar-refractivity contribution in [2.45, 2.75) is 20.4 Å². The number of nitrogens with zero attached hydrogens (tertiary/aromatic N) is 2. The van der Waals surface area contributed by atoms with Gasteiger partial charge in [0, 0.05) is 19.3 Å². The van der Waals surface area contributed by atoms with Gasteiger partial charge in [-0.1, -0.05) is 19.0 Å². The van der Waals surface area contributed by atoms with E-state index < -0.39 is 0 Å². The molecular formula is C12H19N3O3. The summed E-state index contributed by atoms with van der Waals surface area (Å²) in [4.78, 5) is 11.9. The molecule has 0 saturated carbocycles. The lowest BCUT2D eigenvalue weighted by atomic mass is 10.2. The van der Waals surface area contributed by atoms with Crippen LogP contribution in [0.2, 0.25) is 0 Å². The van der Waals surface area contributed by atoms with Gasteiger partial charge in [0.25, 0.3) is 5.56 Å². The molecule has 0 aliphatic rings. The van der Waals surface area contributed by atoms with Gasteiger partial charge in [-0.3, -0.25) is 4.79 Å². The summed E-state index contributed by atoms with van der Waals surface area (Å²) in [6, 6.07) is 3.19. The maximum atomic E-state index is 11.9. The first-order valence-corrected chi connectivity index (χ1v) is 5.81. The monoisotopic (exact) mass is 253 g/mol. The third kappa shape index (κ3) is 3.89. The Balaban J connectivity index is 2.70. The fourth-order valence-corrected chi connectivity index (χ4v) is 1.44. The largest absolute Gasteiger partial charge is 0.409 e. The highest BCUT2D eigenvalue weighted by molar-refractivity contribution is 5.96. The number of nitrogens with two attached hydrogens (primary N) is 1. The molecule has 0 spiro atoms. The SMILES string of the molecule is CC(C)COCCn1cccc(/C(N)=N/O)c1=O. The van der Waals surface area contributed by atoms with Crippen LogP contribution < -0.4 is 11.3 Å². The quantitative estimate of drug-likeness (QED) is 0.255. The first-order valence-electron chi connectivity index (χ1n) is 5.81. The molecule has 100 valence electrons. The molecule has 0 fully saturated rings. The van der Waals surface area contributed by atoms with Crippen molar-refractivity contribution in [3.05, 3.63) is 34.2 Å². The first-order chi connectivity index (χ1) is 8.56. The van der Waals surface area contributed by atoms with Crippen LogP contribution in [0.25, 0.3) is 0 Å². The number of pyridine rings is 1. The summed E-state index contributed by atoms with van der Waals surface area (Å²) < 4.78 is 6.89. The van der Waals surface area contributed by atoms with E-state index in [0.29, 0.717) is 25.7 Å². The lowest BCUT2D eigenvalue weighted by Crippen LogP contribution is -2.30. The van der Waals surface area contributed by atoms with Crippen molar-refractivity contribution >= 4 is 5.84 Å². The van der Waals surface area contributed by atoms with Gasteiger partial charge in [-0.15, -0.1) is 0 Å². The molecule has 6 nitrogen and oxygen atoms in total. The fraction of sp³-hybridized carbons (Fsp3) is 0.500. The predicted octanol–water partition coefficient (Wildman–Crippen LogP) is 0.615. The third-order valence-corrected chi connectivity index (χ3v) is 2.33. The van der Waals surface area contributed by atoms with E-state index in [1.165, 1.54) is 10.6 Å². The molecule has 0 amide bonds. The van der Waals surface area contributed by atoms with Crippen molar-refractivity contribution in [2.75, 3.05) is 13.2 Å². The van der Waals surface area contributed by atoms with Gasteiger partial charge in [0.05, 0.1) is 12.2 Å². The smallest absolute Gasteiger partial charge is 0.261 e. The molecule has 0 aliphatic carbocycles. The van der Waals surface area contributed by atoms with E-state index in [0.717, 1.165) is 0 Å². The molecule has 0 aromatic carbocycles. The second-order valence-corrected chi connectivity index (χ2v) is 4.37. The van der Waals surface area contributed by atoms with Crippen molar-refractivity contribution in [1.82, 2.24) is 4.57 Å². The van der Waals surface area contributed by atoms with Crippen LogP contribution in [-0.4, -0.2) is 28.8 Å². The van der Waals surface area contributed by atoms with Crippen LogP contribution in [-0.2, 0) is 11.3 Å². The summed E-state index contributed by atoms with van der Waals surface area (Å²) in [7, 11) is 0. The Bertz CT molecular complexity index is 466. The Morgan fingerprint density at radius 3 is 2.94 bits per heavy atom. The van der Waals surface area contributed by atoms with E-state index in [1.807, 2.05) is 0 Å². The molecule has 0 atom stereocenters. The minimum atomic E-state index is -0.291. The number of rotatable bonds is 6. The second-order valence-electron chi connectivity index (χ2n) is 4.37. The van der Waals surface area contributed by atoms with Gasteiger partial charge in [-0.05, 0) is 18.1 Å². The van der Waals surface area contributed by atoms with E-state index in [-0.39, 0.29) is 17.0 Å². The maximum absolute atomic E-state index is 11.9. The molecule has 1 heterocycles. The molecule has 0 radical (unpaired) electrons. The lowest BCUT2D eigenvalue weighted by molar-refractivity contribution is 0.102. The minimum absolute atomic E-state index is 0.183. The van der Waals surface area contributed by atoms with E-state index >= 15 is 0 Å². The molecule has 1 aromatic heterocycles. The topological polar surface area (TPSA) is 89.8 Å². The normalized spacial score (nSPS) is 12.1. The van der Waals surface area contributed by atoms with E-state index in [2.05, 4.69) is 19.0 Å². The highest BCUT2D eigenvalue weighted by Gasteiger charge is 2.07. The number of oxime groups is 1. The van der Waals surface area contributed by atoms with E-state index in [4.69, 9.17) is 15.7 Å². The van der Waals surface area contributed by atoms with Gasteiger partial charge in [0.2, 0.25) is 0 Å². The van der Waals surface area contributed by atoms with Crippen molar-refractivity contribution in [3.8, 4) is 0 Å². The Kier molecular flexibility index (Phi) is 5.38.